The van der Waals surface area contributed by atoms with E-state index < -0.39 is 0 Å². The Hall–Kier alpha value is -2.08. The number of primary amides is 1. The van der Waals surface area contributed by atoms with Gasteiger partial charge in [-0.15, -0.1) is 0 Å². The lowest BCUT2D eigenvalue weighted by Gasteiger charge is -2.23. The highest BCUT2D eigenvalue weighted by molar-refractivity contribution is 5.79. The normalized spacial score (nSPS) is 19.2. The molecule has 6 heteroatoms. The van der Waals surface area contributed by atoms with Crippen molar-refractivity contribution in [1.29, 1.82) is 0 Å². The molecule has 2 N–H and O–H groups in total. The molecule has 6 nitrogen and oxygen atoms in total. The van der Waals surface area contributed by atoms with Gasteiger partial charge in [-0.3, -0.25) is 14.5 Å². The van der Waals surface area contributed by atoms with Gasteiger partial charge in [0.25, 0.3) is 0 Å². The van der Waals surface area contributed by atoms with Gasteiger partial charge in [-0.05, 0) is 13.0 Å². The van der Waals surface area contributed by atoms with Gasteiger partial charge in [0, 0.05) is 45.2 Å². The van der Waals surface area contributed by atoms with Crippen LogP contribution in [0.15, 0.2) is 24.3 Å². The Morgan fingerprint density at radius 1 is 1.26 bits per heavy atom. The molecule has 2 amide bonds. The van der Waals surface area contributed by atoms with Crippen LogP contribution in [0.5, 0.6) is 5.75 Å². The van der Waals surface area contributed by atoms with Crippen LogP contribution >= 0.6 is 0 Å². The van der Waals surface area contributed by atoms with Gasteiger partial charge in [0.05, 0.1) is 12.5 Å². The molecule has 0 spiro atoms. The predicted molar refractivity (Wildman–Crippen MR) is 87.8 cm³/mol. The zero-order valence-electron chi connectivity index (χ0n) is 13.8. The number of para-hydroxylation sites is 1. The van der Waals surface area contributed by atoms with E-state index in [9.17, 15) is 9.59 Å². The van der Waals surface area contributed by atoms with Crippen molar-refractivity contribution in [2.45, 2.75) is 20.4 Å². The lowest BCUT2D eigenvalue weighted by Crippen LogP contribution is -2.39. The number of hydrogen-bond acceptors (Lipinski definition) is 4. The van der Waals surface area contributed by atoms with Gasteiger partial charge in [-0.2, -0.15) is 0 Å². The van der Waals surface area contributed by atoms with Crippen molar-refractivity contribution in [3.8, 4) is 5.75 Å². The van der Waals surface area contributed by atoms with Crippen LogP contribution in [0.1, 0.15) is 19.4 Å². The van der Waals surface area contributed by atoms with Gasteiger partial charge >= 0.3 is 0 Å². The Kier molecular flexibility index (Phi) is 5.98. The van der Waals surface area contributed by atoms with Crippen molar-refractivity contribution in [3.05, 3.63) is 29.8 Å². The van der Waals surface area contributed by atoms with Crippen LogP contribution in [-0.2, 0) is 16.1 Å². The number of ether oxygens (including phenoxy) is 1. The van der Waals surface area contributed by atoms with E-state index in [2.05, 4.69) is 4.90 Å². The summed E-state index contributed by atoms with van der Waals surface area (Å²) in [5.74, 6) is 0.132. The van der Waals surface area contributed by atoms with Crippen LogP contribution in [-0.4, -0.2) is 54.4 Å². The van der Waals surface area contributed by atoms with Gasteiger partial charge in [0.2, 0.25) is 11.8 Å². The molecule has 0 aliphatic carbocycles. The number of nitrogens with two attached hydrogens (primary N) is 1. The number of hydrogen-bond donors (Lipinski definition) is 1. The quantitative estimate of drug-likeness (QED) is 0.873. The summed E-state index contributed by atoms with van der Waals surface area (Å²) in [6.45, 7) is 7.03. The molecule has 1 heterocycles. The Balaban J connectivity index is 2.13. The third-order valence-corrected chi connectivity index (χ3v) is 4.12. The first-order chi connectivity index (χ1) is 11.0. The topological polar surface area (TPSA) is 75.9 Å². The van der Waals surface area contributed by atoms with E-state index in [0.717, 1.165) is 11.3 Å². The largest absolute Gasteiger partial charge is 0.494 e. The van der Waals surface area contributed by atoms with E-state index in [1.807, 2.05) is 31.2 Å². The van der Waals surface area contributed by atoms with E-state index >= 15 is 0 Å². The number of carbonyl (C=O) groups is 2. The van der Waals surface area contributed by atoms with Crippen LogP contribution < -0.4 is 10.5 Å². The van der Waals surface area contributed by atoms with Gasteiger partial charge < -0.3 is 15.4 Å². The number of nitrogens with zero attached hydrogens (tertiary/aromatic N) is 2. The molecule has 1 saturated heterocycles. The summed E-state index contributed by atoms with van der Waals surface area (Å²) >= 11 is 0. The SMILES string of the molecule is CCOc1ccccc1CN1CCN(C(C)=O)C[C@H](C(N)=O)C1. The zero-order valence-corrected chi connectivity index (χ0v) is 13.8. The summed E-state index contributed by atoms with van der Waals surface area (Å²) < 4.78 is 5.66. The molecule has 126 valence electrons. The second-order valence-corrected chi connectivity index (χ2v) is 5.84. The minimum atomic E-state index is -0.360. The first kappa shape index (κ1) is 17.3. The van der Waals surface area contributed by atoms with E-state index in [4.69, 9.17) is 10.5 Å². The second kappa shape index (κ2) is 7.97. The molecular formula is C17H25N3O3. The fourth-order valence-electron chi connectivity index (χ4n) is 2.86. The minimum Gasteiger partial charge on any atom is -0.494 e. The van der Waals surface area contributed by atoms with E-state index in [-0.39, 0.29) is 17.7 Å². The van der Waals surface area contributed by atoms with Crippen LogP contribution in [0.4, 0.5) is 0 Å². The van der Waals surface area contributed by atoms with Crippen LogP contribution in [0.3, 0.4) is 0 Å². The van der Waals surface area contributed by atoms with Crippen molar-refractivity contribution in [3.63, 3.8) is 0 Å². The molecule has 1 aromatic rings. The predicted octanol–water partition coefficient (Wildman–Crippen LogP) is 0.851. The Labute approximate surface area is 137 Å². The van der Waals surface area contributed by atoms with Crippen molar-refractivity contribution in [2.75, 3.05) is 32.8 Å². The monoisotopic (exact) mass is 319 g/mol. The molecule has 0 saturated carbocycles. The molecule has 1 atom stereocenters. The van der Waals surface area contributed by atoms with E-state index in [0.29, 0.717) is 39.3 Å². The average Bonchev–Trinajstić information content (AvgIpc) is 2.72. The summed E-state index contributed by atoms with van der Waals surface area (Å²) in [5.41, 5.74) is 6.58. The maximum Gasteiger partial charge on any atom is 0.223 e. The molecule has 0 aromatic heterocycles. The van der Waals surface area contributed by atoms with Gasteiger partial charge in [-0.25, -0.2) is 0 Å². The second-order valence-electron chi connectivity index (χ2n) is 5.84. The fourth-order valence-corrected chi connectivity index (χ4v) is 2.86. The minimum absolute atomic E-state index is 0.0205. The molecule has 1 aliphatic heterocycles. The van der Waals surface area contributed by atoms with E-state index in [1.54, 1.807) is 4.90 Å². The molecule has 23 heavy (non-hydrogen) atoms. The molecular weight excluding hydrogens is 294 g/mol. The van der Waals surface area contributed by atoms with Crippen molar-refractivity contribution < 1.29 is 14.3 Å². The lowest BCUT2D eigenvalue weighted by molar-refractivity contribution is -0.130. The zero-order chi connectivity index (χ0) is 16.8. The lowest BCUT2D eigenvalue weighted by atomic mass is 10.1. The highest BCUT2D eigenvalue weighted by Gasteiger charge is 2.27. The molecule has 0 radical (unpaired) electrons. The van der Waals surface area contributed by atoms with Gasteiger partial charge in [-0.1, -0.05) is 18.2 Å². The maximum absolute atomic E-state index is 11.7. The van der Waals surface area contributed by atoms with Gasteiger partial charge in [0.1, 0.15) is 5.75 Å². The van der Waals surface area contributed by atoms with Crippen LogP contribution in [0.2, 0.25) is 0 Å². The molecule has 0 bridgehead atoms. The number of carbonyl (C=O) groups excluding carboxylic acids is 2. The maximum atomic E-state index is 11.7. The Bertz CT molecular complexity index is 562. The summed E-state index contributed by atoms with van der Waals surface area (Å²) in [6.07, 6.45) is 0. The molecule has 0 unspecified atom stereocenters. The third-order valence-electron chi connectivity index (χ3n) is 4.12. The number of rotatable bonds is 5. The standard InChI is InChI=1S/C17H25N3O3/c1-3-23-16-7-5-4-6-14(16)10-19-8-9-20(13(2)21)12-15(11-19)17(18)22/h4-7,15H,3,8-12H2,1-2H3,(H2,18,22)/t15-/m1/s1. The van der Waals surface area contributed by atoms with Crippen LogP contribution in [0.25, 0.3) is 0 Å². The van der Waals surface area contributed by atoms with Crippen LogP contribution in [0, 0.1) is 5.92 Å². The summed E-state index contributed by atoms with van der Waals surface area (Å²) in [6, 6.07) is 7.89. The van der Waals surface area contributed by atoms with Crippen molar-refractivity contribution >= 4 is 11.8 Å². The van der Waals surface area contributed by atoms with Crippen molar-refractivity contribution in [1.82, 2.24) is 9.80 Å². The number of amides is 2. The third kappa shape index (κ3) is 4.69. The first-order valence-corrected chi connectivity index (χ1v) is 7.99. The first-order valence-electron chi connectivity index (χ1n) is 7.99. The smallest absolute Gasteiger partial charge is 0.223 e. The van der Waals surface area contributed by atoms with Gasteiger partial charge in [0.15, 0.2) is 0 Å². The Morgan fingerprint density at radius 3 is 2.65 bits per heavy atom. The molecule has 1 fully saturated rings. The molecule has 1 aromatic carbocycles. The summed E-state index contributed by atoms with van der Waals surface area (Å²) in [7, 11) is 0. The Morgan fingerprint density at radius 2 is 2.00 bits per heavy atom. The fraction of sp³-hybridized carbons (Fsp3) is 0.529. The summed E-state index contributed by atoms with van der Waals surface area (Å²) in [4.78, 5) is 27.2. The average molecular weight is 319 g/mol. The summed E-state index contributed by atoms with van der Waals surface area (Å²) in [5, 5.41) is 0. The number of benzene rings is 1. The van der Waals surface area contributed by atoms with E-state index in [1.165, 1.54) is 6.92 Å². The molecule has 2 rings (SSSR count). The highest BCUT2D eigenvalue weighted by Crippen LogP contribution is 2.21. The van der Waals surface area contributed by atoms with Crippen molar-refractivity contribution in [2.24, 2.45) is 11.7 Å². The highest BCUT2D eigenvalue weighted by atomic mass is 16.5. The molecule has 1 aliphatic rings.